The lowest BCUT2D eigenvalue weighted by Crippen LogP contribution is -2.20. The topological polar surface area (TPSA) is 55.4 Å². The number of unbranched alkanes of at least 4 members (excludes halogenated alkanes) is 9. The lowest BCUT2D eigenvalue weighted by atomic mass is 10.2. The minimum absolute atomic E-state index is 0.115. The van der Waals surface area contributed by atoms with E-state index < -0.39 is 8.80 Å². The van der Waals surface area contributed by atoms with E-state index in [1.165, 1.54) is 95.2 Å². The third-order valence-corrected chi connectivity index (χ3v) is 17.5. The molecule has 0 aliphatic heterocycles. The summed E-state index contributed by atoms with van der Waals surface area (Å²) in [4.78, 5) is 0. The largest absolute Gasteiger partial charge is 0.360 e. The molecule has 10 heteroatoms. The van der Waals surface area contributed by atoms with Gasteiger partial charge in [0, 0.05) is 51.5 Å². The molecule has 0 amide bonds. The van der Waals surface area contributed by atoms with Crippen molar-refractivity contribution in [1.82, 2.24) is 0 Å². The number of hydrogen-bond acceptors (Lipinski definition) is 6. The molecule has 0 N–H and O–H groups in total. The molecule has 0 saturated carbocycles. The molecule has 0 saturated heterocycles. The van der Waals surface area contributed by atoms with Crippen molar-refractivity contribution >= 4 is 37.4 Å². The van der Waals surface area contributed by atoms with E-state index in [0.29, 0.717) is 0 Å². The molecule has 0 aliphatic rings. The standard InChI is InChI=1S/C27H64O6Si4/c1-28-25(29-2)34-19-13-7-10-16-22-37(23-17-11-8-14-20-35-26(30-3)31-4)24-18-12-9-15-21-36-27(32-5)33-6/h25-27,37H,7-24,34-36H2,1-6H3. The number of methoxy groups -OCH3 is 6. The summed E-state index contributed by atoms with van der Waals surface area (Å²) >= 11 is 0. The second-order valence-corrected chi connectivity index (χ2v) is 19.9. The maximum Gasteiger partial charge on any atom is 0.134 e. The van der Waals surface area contributed by atoms with E-state index in [0.717, 1.165) is 0 Å². The van der Waals surface area contributed by atoms with E-state index >= 15 is 0 Å². The summed E-state index contributed by atoms with van der Waals surface area (Å²) in [5, 5.41) is 0. The summed E-state index contributed by atoms with van der Waals surface area (Å²) in [5.41, 5.74) is 0. The van der Waals surface area contributed by atoms with Crippen LogP contribution in [0, 0.1) is 0 Å². The Hall–Kier alpha value is 0.628. The van der Waals surface area contributed by atoms with Crippen LogP contribution in [-0.2, 0) is 28.4 Å². The van der Waals surface area contributed by atoms with Gasteiger partial charge < -0.3 is 28.4 Å². The second kappa shape index (κ2) is 29.6. The summed E-state index contributed by atoms with van der Waals surface area (Å²) in [6.45, 7) is 0. The Morgan fingerprint density at radius 3 is 0.865 bits per heavy atom. The molecule has 0 unspecified atom stereocenters. The molecule has 0 aliphatic carbocycles. The summed E-state index contributed by atoms with van der Waals surface area (Å²) < 4.78 is 32.2. The summed E-state index contributed by atoms with van der Waals surface area (Å²) in [7, 11) is 9.31. The molecule has 0 fully saturated rings. The fraction of sp³-hybridized carbons (Fsp3) is 1.00. The van der Waals surface area contributed by atoms with Gasteiger partial charge >= 0.3 is 0 Å². The molecule has 224 valence electrons. The first kappa shape index (κ1) is 37.6. The highest BCUT2D eigenvalue weighted by molar-refractivity contribution is 6.58. The highest BCUT2D eigenvalue weighted by Crippen LogP contribution is 2.20. The van der Waals surface area contributed by atoms with Crippen molar-refractivity contribution < 1.29 is 28.4 Å². The van der Waals surface area contributed by atoms with Crippen LogP contribution in [0.5, 0.6) is 0 Å². The van der Waals surface area contributed by atoms with E-state index in [9.17, 15) is 0 Å². The summed E-state index contributed by atoms with van der Waals surface area (Å²) in [6.07, 6.45) is 17.0. The van der Waals surface area contributed by atoms with Crippen LogP contribution in [0.2, 0.25) is 36.3 Å². The molecular weight excluding hydrogens is 533 g/mol. The average Bonchev–Trinajstić information content (AvgIpc) is 2.92. The summed E-state index contributed by atoms with van der Waals surface area (Å²) in [6, 6.07) is 8.77. The van der Waals surface area contributed by atoms with Crippen LogP contribution < -0.4 is 0 Å². The van der Waals surface area contributed by atoms with Crippen LogP contribution in [0.25, 0.3) is 0 Å². The molecule has 0 spiro atoms. The van der Waals surface area contributed by atoms with Crippen LogP contribution in [0.4, 0.5) is 0 Å². The maximum absolute atomic E-state index is 5.36. The van der Waals surface area contributed by atoms with E-state index in [2.05, 4.69) is 0 Å². The quantitative estimate of drug-likeness (QED) is 0.0697. The molecule has 0 aromatic heterocycles. The molecular formula is C27H64O6Si4. The van der Waals surface area contributed by atoms with Gasteiger partial charge in [0.25, 0.3) is 0 Å². The Balaban J connectivity index is 4.08. The minimum atomic E-state index is -0.583. The first-order chi connectivity index (χ1) is 18.1. The van der Waals surface area contributed by atoms with Crippen molar-refractivity contribution in [3.05, 3.63) is 0 Å². The first-order valence-corrected chi connectivity index (χ1v) is 23.2. The van der Waals surface area contributed by atoms with Gasteiger partial charge in [-0.1, -0.05) is 113 Å². The molecule has 0 rings (SSSR count). The normalized spacial score (nSPS) is 13.9. The van der Waals surface area contributed by atoms with Crippen LogP contribution >= 0.6 is 0 Å². The van der Waals surface area contributed by atoms with Gasteiger partial charge in [-0.15, -0.1) is 0 Å². The highest BCUT2D eigenvalue weighted by Gasteiger charge is 2.12. The molecule has 0 bridgehead atoms. The molecule has 6 nitrogen and oxygen atoms in total. The Morgan fingerprint density at radius 1 is 0.378 bits per heavy atom. The smallest absolute Gasteiger partial charge is 0.134 e. The number of rotatable bonds is 30. The van der Waals surface area contributed by atoms with E-state index in [1.807, 2.05) is 0 Å². The number of ether oxygens (including phenoxy) is 6. The third kappa shape index (κ3) is 24.2. The third-order valence-electron chi connectivity index (χ3n) is 7.73. The molecule has 0 atom stereocenters. The predicted molar refractivity (Wildman–Crippen MR) is 170 cm³/mol. The van der Waals surface area contributed by atoms with Crippen molar-refractivity contribution in [1.29, 1.82) is 0 Å². The highest BCUT2D eigenvalue weighted by atomic mass is 28.3. The molecule has 0 heterocycles. The molecule has 0 aromatic rings. The van der Waals surface area contributed by atoms with E-state index in [1.54, 1.807) is 60.8 Å². The van der Waals surface area contributed by atoms with E-state index in [4.69, 9.17) is 28.4 Å². The van der Waals surface area contributed by atoms with Crippen molar-refractivity contribution in [3.63, 3.8) is 0 Å². The zero-order valence-electron chi connectivity index (χ0n) is 25.6. The first-order valence-electron chi connectivity index (χ1n) is 15.3. The second-order valence-electron chi connectivity index (χ2n) is 10.6. The monoisotopic (exact) mass is 596 g/mol. The SMILES string of the molecule is COC(OC)[SiH2]CCCCCC[SiH](CCCCCC[SiH2]C(OC)OC)CCCCCC[SiH2]C(OC)OC. The van der Waals surface area contributed by atoms with Crippen molar-refractivity contribution in [2.24, 2.45) is 0 Å². The molecule has 0 aromatic carbocycles. The van der Waals surface area contributed by atoms with Crippen LogP contribution in [0.3, 0.4) is 0 Å². The van der Waals surface area contributed by atoms with Gasteiger partial charge in [-0.2, -0.15) is 0 Å². The van der Waals surface area contributed by atoms with Crippen molar-refractivity contribution in [2.45, 2.75) is 131 Å². The van der Waals surface area contributed by atoms with E-state index in [-0.39, 0.29) is 46.3 Å². The van der Waals surface area contributed by atoms with Gasteiger partial charge in [0.15, 0.2) is 0 Å². The molecule has 37 heavy (non-hydrogen) atoms. The van der Waals surface area contributed by atoms with Gasteiger partial charge in [0.2, 0.25) is 0 Å². The van der Waals surface area contributed by atoms with Gasteiger partial charge in [0.05, 0.1) is 28.6 Å². The predicted octanol–water partition coefficient (Wildman–Crippen LogP) is 4.39. The lowest BCUT2D eigenvalue weighted by Gasteiger charge is -2.16. The average molecular weight is 597 g/mol. The lowest BCUT2D eigenvalue weighted by molar-refractivity contribution is -0.0442. The number of hydrogen-bond donors (Lipinski definition) is 0. The Labute approximate surface area is 239 Å². The Bertz CT molecular complexity index is 379. The minimum Gasteiger partial charge on any atom is -0.360 e. The van der Waals surface area contributed by atoms with Crippen molar-refractivity contribution in [3.8, 4) is 0 Å². The Morgan fingerprint density at radius 2 is 0.622 bits per heavy atom. The Kier molecular flexibility index (Phi) is 30.1. The van der Waals surface area contributed by atoms with Crippen molar-refractivity contribution in [2.75, 3.05) is 42.7 Å². The fourth-order valence-corrected chi connectivity index (χ4v) is 13.1. The maximum atomic E-state index is 5.36. The molecule has 0 radical (unpaired) electrons. The van der Waals surface area contributed by atoms with Crippen LogP contribution in [-0.4, -0.2) is 97.8 Å². The van der Waals surface area contributed by atoms with Crippen LogP contribution in [0.15, 0.2) is 0 Å². The fourth-order valence-electron chi connectivity index (χ4n) is 5.25. The van der Waals surface area contributed by atoms with Gasteiger partial charge in [-0.05, 0) is 0 Å². The van der Waals surface area contributed by atoms with Crippen LogP contribution in [0.1, 0.15) is 77.0 Å². The van der Waals surface area contributed by atoms with Gasteiger partial charge in [-0.25, -0.2) is 0 Å². The summed E-state index contributed by atoms with van der Waals surface area (Å²) in [5.74, 6) is 0.345. The zero-order chi connectivity index (χ0) is 27.4. The van der Waals surface area contributed by atoms with Gasteiger partial charge in [-0.3, -0.25) is 0 Å². The van der Waals surface area contributed by atoms with Gasteiger partial charge in [0.1, 0.15) is 17.7 Å². The zero-order valence-corrected chi connectivity index (χ0v) is 31.0.